The summed E-state index contributed by atoms with van der Waals surface area (Å²) in [6.07, 6.45) is 0.346. The number of benzene rings is 1. The Hall–Kier alpha value is -1.34. The summed E-state index contributed by atoms with van der Waals surface area (Å²) in [5.74, 6) is 0.0118. The number of hydrogen-bond acceptors (Lipinski definition) is 3. The number of hydrogen-bond donors (Lipinski definition) is 0. The molecule has 1 rings (SSSR count). The zero-order valence-electron chi connectivity index (χ0n) is 11.3. The van der Waals surface area contributed by atoms with Gasteiger partial charge in [-0.05, 0) is 51.3 Å². The molecule has 0 bridgehead atoms. The molecule has 4 heteroatoms. The van der Waals surface area contributed by atoms with E-state index in [0.29, 0.717) is 11.3 Å². The van der Waals surface area contributed by atoms with Gasteiger partial charge in [-0.2, -0.15) is 5.26 Å². The maximum atomic E-state index is 12.3. The Bertz CT molecular complexity index is 580. The van der Waals surface area contributed by atoms with Crippen LogP contribution in [0.4, 0.5) is 0 Å². The van der Waals surface area contributed by atoms with Gasteiger partial charge in [0.1, 0.15) is 0 Å². The summed E-state index contributed by atoms with van der Waals surface area (Å²) in [5.41, 5.74) is 1.08. The molecule has 0 heterocycles. The Morgan fingerprint density at radius 1 is 1.28 bits per heavy atom. The molecule has 98 valence electrons. The van der Waals surface area contributed by atoms with Gasteiger partial charge in [-0.25, -0.2) is 8.42 Å². The first-order valence-electron chi connectivity index (χ1n) is 5.89. The summed E-state index contributed by atoms with van der Waals surface area (Å²) in [6.45, 7) is 7.18. The van der Waals surface area contributed by atoms with E-state index in [4.69, 9.17) is 5.26 Å². The lowest BCUT2D eigenvalue weighted by Gasteiger charge is -2.15. The van der Waals surface area contributed by atoms with Crippen LogP contribution in [0.3, 0.4) is 0 Å². The first-order valence-corrected chi connectivity index (χ1v) is 7.54. The lowest BCUT2D eigenvalue weighted by atomic mass is 9.93. The smallest absolute Gasteiger partial charge is 0.178 e. The van der Waals surface area contributed by atoms with Gasteiger partial charge >= 0.3 is 0 Å². The Morgan fingerprint density at radius 2 is 1.89 bits per heavy atom. The van der Waals surface area contributed by atoms with Gasteiger partial charge in [0, 0.05) is 0 Å². The van der Waals surface area contributed by atoms with Gasteiger partial charge in [0.15, 0.2) is 9.84 Å². The molecule has 0 saturated heterocycles. The minimum atomic E-state index is -3.31. The highest BCUT2D eigenvalue weighted by molar-refractivity contribution is 7.91. The minimum absolute atomic E-state index is 0.0118. The molecule has 0 aliphatic heterocycles. The van der Waals surface area contributed by atoms with Gasteiger partial charge in [0.05, 0.1) is 22.1 Å². The van der Waals surface area contributed by atoms with E-state index in [2.05, 4.69) is 6.07 Å². The molecule has 0 aliphatic carbocycles. The van der Waals surface area contributed by atoms with Crippen LogP contribution in [-0.2, 0) is 9.84 Å². The van der Waals surface area contributed by atoms with Crippen molar-refractivity contribution in [2.45, 2.75) is 39.0 Å². The van der Waals surface area contributed by atoms with Crippen LogP contribution in [0.25, 0.3) is 0 Å². The van der Waals surface area contributed by atoms with Gasteiger partial charge in [-0.15, -0.1) is 0 Å². The quantitative estimate of drug-likeness (QED) is 0.840. The third-order valence-corrected chi connectivity index (χ3v) is 4.83. The predicted octanol–water partition coefficient (Wildman–Crippen LogP) is 3.02. The molecule has 0 spiro atoms. The molecule has 0 unspecified atom stereocenters. The Labute approximate surface area is 109 Å². The van der Waals surface area contributed by atoms with Gasteiger partial charge < -0.3 is 0 Å². The third-order valence-electron chi connectivity index (χ3n) is 2.98. The minimum Gasteiger partial charge on any atom is -0.224 e. The predicted molar refractivity (Wildman–Crippen MR) is 72.0 cm³/mol. The van der Waals surface area contributed by atoms with E-state index in [9.17, 15) is 8.42 Å². The second-order valence-corrected chi connectivity index (χ2v) is 7.41. The van der Waals surface area contributed by atoms with Crippen molar-refractivity contribution in [3.05, 3.63) is 29.3 Å². The largest absolute Gasteiger partial charge is 0.224 e. The zero-order chi connectivity index (χ0) is 14.0. The van der Waals surface area contributed by atoms with E-state index in [-0.39, 0.29) is 5.75 Å². The monoisotopic (exact) mass is 265 g/mol. The maximum Gasteiger partial charge on any atom is 0.178 e. The SMILES string of the molecule is Cc1ccc(C)c(S(=O)(=O)CCC(C)(C)C#N)c1. The van der Waals surface area contributed by atoms with Crippen molar-refractivity contribution in [2.75, 3.05) is 5.75 Å². The van der Waals surface area contributed by atoms with Crippen molar-refractivity contribution < 1.29 is 8.42 Å². The summed E-state index contributed by atoms with van der Waals surface area (Å²) < 4.78 is 24.5. The third kappa shape index (κ3) is 3.58. The fourth-order valence-corrected chi connectivity index (χ4v) is 3.52. The normalized spacial score (nSPS) is 12.2. The first kappa shape index (κ1) is 14.7. The van der Waals surface area contributed by atoms with Gasteiger partial charge in [-0.1, -0.05) is 12.1 Å². The molecule has 1 aromatic carbocycles. The zero-order valence-corrected chi connectivity index (χ0v) is 12.1. The average Bonchev–Trinajstić information content (AvgIpc) is 2.30. The second-order valence-electron chi connectivity index (χ2n) is 5.33. The number of nitriles is 1. The fraction of sp³-hybridized carbons (Fsp3) is 0.500. The lowest BCUT2D eigenvalue weighted by Crippen LogP contribution is -2.17. The summed E-state index contributed by atoms with van der Waals surface area (Å²) >= 11 is 0. The second kappa shape index (κ2) is 5.11. The van der Waals surface area contributed by atoms with E-state index in [1.807, 2.05) is 19.1 Å². The van der Waals surface area contributed by atoms with Crippen LogP contribution in [0.1, 0.15) is 31.4 Å². The molecule has 0 radical (unpaired) electrons. The van der Waals surface area contributed by atoms with Crippen LogP contribution < -0.4 is 0 Å². The van der Waals surface area contributed by atoms with Crippen molar-refractivity contribution in [1.82, 2.24) is 0 Å². The van der Waals surface area contributed by atoms with Crippen LogP contribution in [0, 0.1) is 30.6 Å². The highest BCUT2D eigenvalue weighted by atomic mass is 32.2. The highest BCUT2D eigenvalue weighted by Gasteiger charge is 2.23. The van der Waals surface area contributed by atoms with Crippen molar-refractivity contribution in [1.29, 1.82) is 5.26 Å². The van der Waals surface area contributed by atoms with E-state index in [1.165, 1.54) is 0 Å². The Balaban J connectivity index is 3.02. The summed E-state index contributed by atoms with van der Waals surface area (Å²) in [4.78, 5) is 0.385. The van der Waals surface area contributed by atoms with Crippen molar-refractivity contribution in [2.24, 2.45) is 5.41 Å². The number of nitrogens with zero attached hydrogens (tertiary/aromatic N) is 1. The van der Waals surface area contributed by atoms with Gasteiger partial charge in [0.2, 0.25) is 0 Å². The average molecular weight is 265 g/mol. The lowest BCUT2D eigenvalue weighted by molar-refractivity contribution is 0.473. The molecule has 1 aromatic rings. The number of aryl methyl sites for hydroxylation is 2. The molecule has 0 aromatic heterocycles. The van der Waals surface area contributed by atoms with Gasteiger partial charge in [-0.3, -0.25) is 0 Å². The van der Waals surface area contributed by atoms with Crippen molar-refractivity contribution >= 4 is 9.84 Å². The van der Waals surface area contributed by atoms with Crippen LogP contribution in [-0.4, -0.2) is 14.2 Å². The van der Waals surface area contributed by atoms with E-state index in [0.717, 1.165) is 11.1 Å². The van der Waals surface area contributed by atoms with E-state index < -0.39 is 15.3 Å². The summed E-state index contributed by atoms with van der Waals surface area (Å²) in [7, 11) is -3.31. The number of sulfone groups is 1. The summed E-state index contributed by atoms with van der Waals surface area (Å²) in [6, 6.07) is 7.54. The topological polar surface area (TPSA) is 57.9 Å². The van der Waals surface area contributed by atoms with E-state index >= 15 is 0 Å². The van der Waals surface area contributed by atoms with Crippen LogP contribution in [0.2, 0.25) is 0 Å². The van der Waals surface area contributed by atoms with Gasteiger partial charge in [0.25, 0.3) is 0 Å². The highest BCUT2D eigenvalue weighted by Crippen LogP contribution is 2.24. The molecule has 0 aliphatic rings. The fourth-order valence-electron chi connectivity index (χ4n) is 1.60. The van der Waals surface area contributed by atoms with Crippen LogP contribution >= 0.6 is 0 Å². The molecule has 0 saturated carbocycles. The first-order chi connectivity index (χ1) is 8.18. The standard InChI is InChI=1S/C14H19NO2S/c1-11-5-6-12(2)13(9-11)18(16,17)8-7-14(3,4)10-15/h5-6,9H,7-8H2,1-4H3. The Morgan fingerprint density at radius 3 is 2.44 bits per heavy atom. The van der Waals surface area contributed by atoms with E-state index in [1.54, 1.807) is 26.8 Å². The van der Waals surface area contributed by atoms with Crippen molar-refractivity contribution in [3.63, 3.8) is 0 Å². The molecule has 0 fully saturated rings. The Kier molecular flexibility index (Phi) is 4.18. The maximum absolute atomic E-state index is 12.3. The molecular weight excluding hydrogens is 246 g/mol. The molecule has 0 N–H and O–H groups in total. The molecule has 0 atom stereocenters. The number of rotatable bonds is 4. The molecule has 18 heavy (non-hydrogen) atoms. The molecule has 0 amide bonds. The van der Waals surface area contributed by atoms with Crippen LogP contribution in [0.5, 0.6) is 0 Å². The summed E-state index contributed by atoms with van der Waals surface area (Å²) in [5, 5.41) is 8.92. The van der Waals surface area contributed by atoms with Crippen molar-refractivity contribution in [3.8, 4) is 6.07 Å². The van der Waals surface area contributed by atoms with Crippen LogP contribution in [0.15, 0.2) is 23.1 Å². The molecule has 3 nitrogen and oxygen atoms in total. The molecular formula is C14H19NO2S.